The molecule has 0 radical (unpaired) electrons. The maximum Gasteiger partial charge on any atom is 0.149 e. The Labute approximate surface area is 134 Å². The van der Waals surface area contributed by atoms with Crippen LogP contribution in [0, 0.1) is 18.8 Å². The van der Waals surface area contributed by atoms with Crippen LogP contribution in [0.1, 0.15) is 38.3 Å². The molecule has 2 aromatic rings. The molecule has 1 aliphatic carbocycles. The summed E-state index contributed by atoms with van der Waals surface area (Å²) in [5, 5.41) is 7.67. The first-order valence-corrected chi connectivity index (χ1v) is 9.20. The first-order valence-electron chi connectivity index (χ1n) is 7.55. The Hall–Kier alpha value is -1.14. The Morgan fingerprint density at radius 3 is 3.00 bits per heavy atom. The van der Waals surface area contributed by atoms with Crippen LogP contribution < -0.4 is 11.1 Å². The maximum atomic E-state index is 6.04. The fourth-order valence-electron chi connectivity index (χ4n) is 3.08. The number of anilines is 2. The van der Waals surface area contributed by atoms with Gasteiger partial charge in [0.2, 0.25) is 0 Å². The highest BCUT2D eigenvalue weighted by Gasteiger charge is 2.21. The second kappa shape index (κ2) is 6.32. The van der Waals surface area contributed by atoms with E-state index in [1.54, 1.807) is 11.3 Å². The van der Waals surface area contributed by atoms with Crippen molar-refractivity contribution in [3.63, 3.8) is 0 Å². The lowest BCUT2D eigenvalue weighted by molar-refractivity contribution is 0.293. The molecule has 1 saturated carbocycles. The lowest BCUT2D eigenvalue weighted by atomic mass is 9.82. The third-order valence-electron chi connectivity index (χ3n) is 4.15. The van der Waals surface area contributed by atoms with Crippen molar-refractivity contribution in [2.24, 2.45) is 11.8 Å². The summed E-state index contributed by atoms with van der Waals surface area (Å²) in [7, 11) is 0. The highest BCUT2D eigenvalue weighted by molar-refractivity contribution is 7.15. The highest BCUT2D eigenvalue weighted by Crippen LogP contribution is 2.39. The fraction of sp³-hybridized carbons (Fsp3) is 0.600. The molecule has 6 heteroatoms. The molecule has 0 saturated heterocycles. The molecule has 4 nitrogen and oxygen atoms in total. The smallest absolute Gasteiger partial charge is 0.149 e. The Morgan fingerprint density at radius 2 is 2.29 bits per heavy atom. The van der Waals surface area contributed by atoms with Crippen LogP contribution in [0.2, 0.25) is 0 Å². The highest BCUT2D eigenvalue weighted by atomic mass is 32.1. The number of nitrogens with one attached hydrogen (secondary N) is 1. The van der Waals surface area contributed by atoms with Gasteiger partial charge in [-0.15, -0.1) is 11.3 Å². The Kier molecular flexibility index (Phi) is 4.45. The largest absolute Gasteiger partial charge is 0.382 e. The zero-order valence-corrected chi connectivity index (χ0v) is 14.2. The van der Waals surface area contributed by atoms with Crippen molar-refractivity contribution >= 4 is 33.7 Å². The summed E-state index contributed by atoms with van der Waals surface area (Å²) in [6.45, 7) is 5.39. The monoisotopic (exact) mass is 322 g/mol. The van der Waals surface area contributed by atoms with Crippen LogP contribution >= 0.6 is 22.9 Å². The van der Waals surface area contributed by atoms with Gasteiger partial charge in [0.15, 0.2) is 0 Å². The molecule has 0 spiro atoms. The van der Waals surface area contributed by atoms with Gasteiger partial charge in [-0.2, -0.15) is 4.37 Å². The number of hydrogen-bond acceptors (Lipinski definition) is 6. The zero-order chi connectivity index (χ0) is 14.8. The summed E-state index contributed by atoms with van der Waals surface area (Å²) in [4.78, 5) is 4.55. The molecule has 2 atom stereocenters. The molecule has 114 valence electrons. The predicted octanol–water partition coefficient (Wildman–Crippen LogP) is 4.40. The number of nitrogen functional groups attached to an aromatic ring is 1. The Bertz CT molecular complexity index is 605. The van der Waals surface area contributed by atoms with Gasteiger partial charge < -0.3 is 11.1 Å². The first-order chi connectivity index (χ1) is 10.1. The summed E-state index contributed by atoms with van der Waals surface area (Å²) in [6, 6.07) is 0. The molecule has 21 heavy (non-hydrogen) atoms. The Balaban J connectivity index is 1.71. The fourth-order valence-corrected chi connectivity index (χ4v) is 4.72. The number of thiazole rings is 1. The van der Waals surface area contributed by atoms with E-state index in [4.69, 9.17) is 5.73 Å². The standard InChI is InChI=1S/C15H22N4S2/c1-9-4-3-5-11(6-9)7-17-14-12(13(16)19-21-14)15-18-10(2)8-20-15/h8-9,11,17H,3-7H2,1-2H3,(H2,16,19). The van der Waals surface area contributed by atoms with Crippen LogP contribution in [0.5, 0.6) is 0 Å². The average molecular weight is 323 g/mol. The summed E-state index contributed by atoms with van der Waals surface area (Å²) >= 11 is 3.08. The SMILES string of the molecule is Cc1csc(-c2c(N)nsc2NCC2CCCC(C)C2)n1. The molecule has 1 fully saturated rings. The van der Waals surface area contributed by atoms with E-state index >= 15 is 0 Å². The maximum absolute atomic E-state index is 6.04. The molecule has 0 aromatic carbocycles. The van der Waals surface area contributed by atoms with Crippen LogP contribution in [0.15, 0.2) is 5.38 Å². The Morgan fingerprint density at radius 1 is 1.43 bits per heavy atom. The molecule has 3 N–H and O–H groups in total. The van der Waals surface area contributed by atoms with Gasteiger partial charge in [0.05, 0.1) is 5.56 Å². The quantitative estimate of drug-likeness (QED) is 0.876. The normalized spacial score (nSPS) is 22.4. The zero-order valence-electron chi connectivity index (χ0n) is 12.6. The van der Waals surface area contributed by atoms with E-state index in [2.05, 4.69) is 27.0 Å². The minimum atomic E-state index is 0.592. The van der Waals surface area contributed by atoms with Crippen molar-refractivity contribution in [2.45, 2.75) is 39.5 Å². The van der Waals surface area contributed by atoms with E-state index in [0.717, 1.165) is 39.6 Å². The van der Waals surface area contributed by atoms with Crippen LogP contribution in [-0.2, 0) is 0 Å². The molecule has 0 amide bonds. The van der Waals surface area contributed by atoms with Gasteiger partial charge in [0, 0.05) is 17.6 Å². The lowest BCUT2D eigenvalue weighted by Crippen LogP contribution is -2.20. The summed E-state index contributed by atoms with van der Waals surface area (Å²) in [5.74, 6) is 2.22. The van der Waals surface area contributed by atoms with Crippen molar-refractivity contribution in [1.82, 2.24) is 9.36 Å². The second-order valence-electron chi connectivity index (χ2n) is 6.08. The molecule has 3 rings (SSSR count). The van der Waals surface area contributed by atoms with E-state index in [0.29, 0.717) is 5.82 Å². The lowest BCUT2D eigenvalue weighted by Gasteiger charge is -2.26. The van der Waals surface area contributed by atoms with Gasteiger partial charge in [-0.05, 0) is 43.1 Å². The number of nitrogens with zero attached hydrogens (tertiary/aromatic N) is 2. The topological polar surface area (TPSA) is 63.8 Å². The first kappa shape index (κ1) is 14.8. The summed E-state index contributed by atoms with van der Waals surface area (Å²) in [5.41, 5.74) is 8.06. The minimum Gasteiger partial charge on any atom is -0.382 e. The molecular weight excluding hydrogens is 300 g/mol. The van der Waals surface area contributed by atoms with Crippen molar-refractivity contribution in [3.05, 3.63) is 11.1 Å². The van der Waals surface area contributed by atoms with Crippen molar-refractivity contribution in [1.29, 1.82) is 0 Å². The van der Waals surface area contributed by atoms with Crippen molar-refractivity contribution in [2.75, 3.05) is 17.6 Å². The van der Waals surface area contributed by atoms with E-state index in [1.807, 2.05) is 6.92 Å². The van der Waals surface area contributed by atoms with E-state index in [9.17, 15) is 0 Å². The second-order valence-corrected chi connectivity index (χ2v) is 7.72. The molecular formula is C15H22N4S2. The molecule has 2 aromatic heterocycles. The third kappa shape index (κ3) is 3.37. The molecule has 1 aliphatic rings. The number of nitrogens with two attached hydrogens (primary N) is 1. The summed E-state index contributed by atoms with van der Waals surface area (Å²) < 4.78 is 4.30. The van der Waals surface area contributed by atoms with E-state index < -0.39 is 0 Å². The van der Waals surface area contributed by atoms with Gasteiger partial charge in [-0.25, -0.2) is 4.98 Å². The van der Waals surface area contributed by atoms with Gasteiger partial charge in [-0.1, -0.05) is 19.8 Å². The molecule has 0 bridgehead atoms. The van der Waals surface area contributed by atoms with E-state index in [-0.39, 0.29) is 0 Å². The van der Waals surface area contributed by atoms with E-state index in [1.165, 1.54) is 37.2 Å². The van der Waals surface area contributed by atoms with Crippen LogP contribution in [0.25, 0.3) is 10.6 Å². The van der Waals surface area contributed by atoms with Crippen molar-refractivity contribution < 1.29 is 0 Å². The van der Waals surface area contributed by atoms with Gasteiger partial charge in [-0.3, -0.25) is 0 Å². The number of hydrogen-bond donors (Lipinski definition) is 2. The predicted molar refractivity (Wildman–Crippen MR) is 92.0 cm³/mol. The molecule has 0 aliphatic heterocycles. The number of aromatic nitrogens is 2. The van der Waals surface area contributed by atoms with Crippen molar-refractivity contribution in [3.8, 4) is 10.6 Å². The van der Waals surface area contributed by atoms with Gasteiger partial charge >= 0.3 is 0 Å². The van der Waals surface area contributed by atoms with Gasteiger partial charge in [0.25, 0.3) is 0 Å². The van der Waals surface area contributed by atoms with Gasteiger partial charge in [0.1, 0.15) is 15.8 Å². The average Bonchev–Trinajstić information content (AvgIpc) is 3.02. The molecule has 2 unspecified atom stereocenters. The van der Waals surface area contributed by atoms with Crippen LogP contribution in [-0.4, -0.2) is 15.9 Å². The molecule has 2 heterocycles. The number of aryl methyl sites for hydroxylation is 1. The number of rotatable bonds is 4. The minimum absolute atomic E-state index is 0.592. The summed E-state index contributed by atoms with van der Waals surface area (Å²) in [6.07, 6.45) is 5.40. The van der Waals surface area contributed by atoms with Crippen LogP contribution in [0.4, 0.5) is 10.8 Å². The third-order valence-corrected chi connectivity index (χ3v) is 5.94. The van der Waals surface area contributed by atoms with Crippen LogP contribution in [0.3, 0.4) is 0 Å².